The second-order valence-corrected chi connectivity index (χ2v) is 11.3. The van der Waals surface area contributed by atoms with E-state index in [0.717, 1.165) is 22.3 Å². The zero-order valence-corrected chi connectivity index (χ0v) is 23.3. The van der Waals surface area contributed by atoms with Crippen LogP contribution in [-0.2, 0) is 29.0 Å². The van der Waals surface area contributed by atoms with Gasteiger partial charge in [-0.25, -0.2) is 0 Å². The van der Waals surface area contributed by atoms with Gasteiger partial charge in [0.2, 0.25) is 11.8 Å². The number of benzene rings is 3. The van der Waals surface area contributed by atoms with Crippen LogP contribution in [-0.4, -0.2) is 28.3 Å². The number of rotatable bonds is 10. The average molecular weight is 499 g/mol. The summed E-state index contributed by atoms with van der Waals surface area (Å²) in [6.45, 7) is 12.7. The van der Waals surface area contributed by atoms with Gasteiger partial charge in [-0.2, -0.15) is 0 Å². The van der Waals surface area contributed by atoms with E-state index >= 15 is 0 Å². The molecule has 4 nitrogen and oxygen atoms in total. The summed E-state index contributed by atoms with van der Waals surface area (Å²) in [4.78, 5) is 29.3. The van der Waals surface area contributed by atoms with Crippen LogP contribution in [0.4, 0.5) is 0 Å². The predicted octanol–water partition coefficient (Wildman–Crippen LogP) is 6.61. The molecule has 0 aliphatic carbocycles. The molecule has 3 aromatic carbocycles. The van der Waals surface area contributed by atoms with E-state index in [9.17, 15) is 9.59 Å². The molecule has 0 aromatic heterocycles. The van der Waals surface area contributed by atoms with Gasteiger partial charge in [-0.15, -0.1) is 0 Å². The number of carbonyl (C=O) groups excluding carboxylic acids is 2. The molecule has 1 atom stereocenters. The van der Waals surface area contributed by atoms with E-state index in [1.54, 1.807) is 4.90 Å². The summed E-state index contributed by atoms with van der Waals surface area (Å²) in [5, 5.41) is 3.13. The Hall–Kier alpha value is -3.40. The summed E-state index contributed by atoms with van der Waals surface area (Å²) in [5.41, 5.74) is 5.22. The Labute approximate surface area is 223 Å². The summed E-state index contributed by atoms with van der Waals surface area (Å²) in [5.74, 6) is 0.334. The minimum Gasteiger partial charge on any atom is -0.350 e. The van der Waals surface area contributed by atoms with Crippen molar-refractivity contribution in [2.45, 2.75) is 84.8 Å². The highest BCUT2D eigenvalue weighted by Crippen LogP contribution is 2.20. The molecule has 3 rings (SSSR count). The Morgan fingerprint density at radius 3 is 2.05 bits per heavy atom. The van der Waals surface area contributed by atoms with E-state index < -0.39 is 11.6 Å². The van der Waals surface area contributed by atoms with Crippen LogP contribution in [0.3, 0.4) is 0 Å². The Morgan fingerprint density at radius 1 is 0.838 bits per heavy atom. The maximum atomic E-state index is 13.9. The molecule has 0 radical (unpaired) electrons. The first-order chi connectivity index (χ1) is 17.5. The molecular weight excluding hydrogens is 456 g/mol. The standard InChI is InChI=1S/C33H42N2O2/c1-24(2)28-19-16-26(17-20-28)18-21-31(36)35(23-29-15-11-10-12-25(29)3)30(32(37)34-33(4,5)6)22-27-13-8-7-9-14-27/h7-17,19-20,24,30H,18,21-23H2,1-6H3,(H,34,37)/t30-/m1/s1. The number of carbonyl (C=O) groups is 2. The number of nitrogens with zero attached hydrogens (tertiary/aromatic N) is 1. The highest BCUT2D eigenvalue weighted by molar-refractivity contribution is 5.88. The minimum absolute atomic E-state index is 0.0128. The summed E-state index contributed by atoms with van der Waals surface area (Å²) in [6.07, 6.45) is 1.45. The first-order valence-electron chi connectivity index (χ1n) is 13.3. The van der Waals surface area contributed by atoms with Crippen LogP contribution >= 0.6 is 0 Å². The first-order valence-corrected chi connectivity index (χ1v) is 13.3. The van der Waals surface area contributed by atoms with Gasteiger partial charge in [0, 0.05) is 24.9 Å². The van der Waals surface area contributed by atoms with Gasteiger partial charge in [-0.3, -0.25) is 9.59 Å². The largest absolute Gasteiger partial charge is 0.350 e. The molecule has 196 valence electrons. The van der Waals surface area contributed by atoms with Crippen LogP contribution in [0.2, 0.25) is 0 Å². The normalized spacial score (nSPS) is 12.3. The van der Waals surface area contributed by atoms with Gasteiger partial charge in [-0.05, 0) is 67.9 Å². The van der Waals surface area contributed by atoms with Crippen LogP contribution < -0.4 is 5.32 Å². The van der Waals surface area contributed by atoms with Gasteiger partial charge >= 0.3 is 0 Å². The third-order valence-electron chi connectivity index (χ3n) is 6.65. The fraction of sp³-hybridized carbons (Fsp3) is 0.394. The van der Waals surface area contributed by atoms with Crippen LogP contribution in [0, 0.1) is 6.92 Å². The maximum absolute atomic E-state index is 13.9. The van der Waals surface area contributed by atoms with E-state index in [-0.39, 0.29) is 11.8 Å². The molecule has 0 spiro atoms. The summed E-state index contributed by atoms with van der Waals surface area (Å²) < 4.78 is 0. The first kappa shape index (κ1) is 28.2. The topological polar surface area (TPSA) is 49.4 Å². The second kappa shape index (κ2) is 12.7. The monoisotopic (exact) mass is 498 g/mol. The third kappa shape index (κ3) is 8.59. The zero-order chi connectivity index (χ0) is 27.0. The molecule has 0 heterocycles. The molecule has 0 unspecified atom stereocenters. The Morgan fingerprint density at radius 2 is 1.46 bits per heavy atom. The lowest BCUT2D eigenvalue weighted by molar-refractivity contribution is -0.141. The Kier molecular flexibility index (Phi) is 9.68. The Balaban J connectivity index is 1.91. The van der Waals surface area contributed by atoms with Crippen molar-refractivity contribution in [3.63, 3.8) is 0 Å². The minimum atomic E-state index is -0.614. The van der Waals surface area contributed by atoms with Crippen molar-refractivity contribution in [3.8, 4) is 0 Å². The fourth-order valence-electron chi connectivity index (χ4n) is 4.44. The smallest absolute Gasteiger partial charge is 0.243 e. The van der Waals surface area contributed by atoms with E-state index in [1.165, 1.54) is 5.56 Å². The zero-order valence-electron chi connectivity index (χ0n) is 23.3. The fourth-order valence-corrected chi connectivity index (χ4v) is 4.44. The molecule has 0 aliphatic rings. The third-order valence-corrected chi connectivity index (χ3v) is 6.65. The maximum Gasteiger partial charge on any atom is 0.243 e. The molecule has 0 saturated carbocycles. The van der Waals surface area contributed by atoms with Crippen molar-refractivity contribution in [1.29, 1.82) is 0 Å². The van der Waals surface area contributed by atoms with E-state index in [4.69, 9.17) is 0 Å². The molecular formula is C33H42N2O2. The quantitative estimate of drug-likeness (QED) is 0.342. The van der Waals surface area contributed by atoms with Crippen molar-refractivity contribution >= 4 is 11.8 Å². The molecule has 0 fully saturated rings. The van der Waals surface area contributed by atoms with Crippen LogP contribution in [0.1, 0.15) is 74.8 Å². The SMILES string of the molecule is Cc1ccccc1CN(C(=O)CCc1ccc(C(C)C)cc1)[C@H](Cc1ccccc1)C(=O)NC(C)(C)C. The highest BCUT2D eigenvalue weighted by atomic mass is 16.2. The van der Waals surface area contributed by atoms with Crippen molar-refractivity contribution in [2.75, 3.05) is 0 Å². The molecule has 0 aliphatic heterocycles. The lowest BCUT2D eigenvalue weighted by Crippen LogP contribution is -2.54. The molecule has 3 aromatic rings. The van der Waals surface area contributed by atoms with Gasteiger partial charge in [0.1, 0.15) is 6.04 Å². The van der Waals surface area contributed by atoms with Crippen LogP contribution in [0.15, 0.2) is 78.9 Å². The van der Waals surface area contributed by atoms with Gasteiger partial charge in [0.15, 0.2) is 0 Å². The van der Waals surface area contributed by atoms with Crippen molar-refractivity contribution in [3.05, 3.63) is 107 Å². The van der Waals surface area contributed by atoms with E-state index in [0.29, 0.717) is 31.7 Å². The lowest BCUT2D eigenvalue weighted by atomic mass is 9.98. The Bertz CT molecular complexity index is 1160. The predicted molar refractivity (Wildman–Crippen MR) is 152 cm³/mol. The number of aryl methyl sites for hydroxylation is 2. The second-order valence-electron chi connectivity index (χ2n) is 11.3. The summed E-state index contributed by atoms with van der Waals surface area (Å²) in [7, 11) is 0. The molecule has 2 amide bonds. The van der Waals surface area contributed by atoms with Gasteiger partial charge in [-0.1, -0.05) is 92.7 Å². The van der Waals surface area contributed by atoms with Gasteiger partial charge in [0.05, 0.1) is 0 Å². The summed E-state index contributed by atoms with van der Waals surface area (Å²) >= 11 is 0. The number of amides is 2. The number of hydrogen-bond acceptors (Lipinski definition) is 2. The molecule has 37 heavy (non-hydrogen) atoms. The van der Waals surface area contributed by atoms with Crippen LogP contribution in [0.25, 0.3) is 0 Å². The molecule has 0 bridgehead atoms. The lowest BCUT2D eigenvalue weighted by Gasteiger charge is -2.34. The van der Waals surface area contributed by atoms with E-state index in [1.807, 2.05) is 69.3 Å². The number of nitrogens with one attached hydrogen (secondary N) is 1. The highest BCUT2D eigenvalue weighted by Gasteiger charge is 2.32. The van der Waals surface area contributed by atoms with Crippen molar-refractivity contribution < 1.29 is 9.59 Å². The number of hydrogen-bond donors (Lipinski definition) is 1. The molecule has 0 saturated heterocycles. The van der Waals surface area contributed by atoms with E-state index in [2.05, 4.69) is 56.4 Å². The summed E-state index contributed by atoms with van der Waals surface area (Å²) in [6, 6.07) is 25.9. The van der Waals surface area contributed by atoms with Gasteiger partial charge < -0.3 is 10.2 Å². The molecule has 4 heteroatoms. The van der Waals surface area contributed by atoms with Crippen LogP contribution in [0.5, 0.6) is 0 Å². The average Bonchev–Trinajstić information content (AvgIpc) is 2.85. The van der Waals surface area contributed by atoms with Crippen molar-refractivity contribution in [2.24, 2.45) is 0 Å². The van der Waals surface area contributed by atoms with Gasteiger partial charge in [0.25, 0.3) is 0 Å². The molecule has 1 N–H and O–H groups in total. The van der Waals surface area contributed by atoms with Crippen molar-refractivity contribution in [1.82, 2.24) is 10.2 Å².